The average molecular weight is 542 g/mol. The molecule has 204 valence electrons. The monoisotopic (exact) mass is 541 g/mol. The van der Waals surface area contributed by atoms with Gasteiger partial charge in [0.2, 0.25) is 0 Å². The number of carbonyl (C=O) groups excluding carboxylic acids is 3. The number of anilines is 1. The molecular formula is C35H31N3O3. The first-order chi connectivity index (χ1) is 20.0. The molecule has 0 radical (unpaired) electrons. The van der Waals surface area contributed by atoms with E-state index in [1.807, 2.05) is 59.3 Å². The number of urea groups is 1. The third kappa shape index (κ3) is 3.96. The molecule has 0 unspecified atom stereocenters. The van der Waals surface area contributed by atoms with E-state index in [9.17, 15) is 14.4 Å². The maximum atomic E-state index is 13.7. The molecule has 1 aliphatic heterocycles. The molecule has 5 aliphatic rings. The molecule has 5 fully saturated rings. The number of barbiturate groups is 1. The molecule has 0 atom stereocenters. The number of aromatic nitrogens is 1. The fourth-order valence-electron chi connectivity index (χ4n) is 8.54. The summed E-state index contributed by atoms with van der Waals surface area (Å²) in [5.41, 5.74) is 3.55. The molecule has 2 heterocycles. The molecule has 0 spiro atoms. The highest BCUT2D eigenvalue weighted by Crippen LogP contribution is 2.60. The summed E-state index contributed by atoms with van der Waals surface area (Å²) in [6, 6.07) is 25.2. The van der Waals surface area contributed by atoms with Crippen molar-refractivity contribution in [2.75, 3.05) is 4.90 Å². The lowest BCUT2D eigenvalue weighted by Gasteiger charge is -2.57. The van der Waals surface area contributed by atoms with E-state index >= 15 is 0 Å². The molecule has 41 heavy (non-hydrogen) atoms. The van der Waals surface area contributed by atoms with Gasteiger partial charge in [0.05, 0.1) is 5.69 Å². The summed E-state index contributed by atoms with van der Waals surface area (Å²) in [4.78, 5) is 40.6. The predicted octanol–water partition coefficient (Wildman–Crippen LogP) is 6.76. The molecular weight excluding hydrogens is 510 g/mol. The first-order valence-electron chi connectivity index (χ1n) is 14.6. The molecule has 4 aliphatic carbocycles. The van der Waals surface area contributed by atoms with E-state index in [1.54, 1.807) is 6.08 Å². The number of imide groups is 2. The average Bonchev–Trinajstić information content (AvgIpc) is 3.43. The SMILES string of the molecule is O=C1NC(=O)N(c2ccc(C34CC5CC(CC(C5)C3)C4)cc2)C(=O)/C1=C/c1cccn1-c1ccc2ccccc2c1. The Hall–Kier alpha value is -4.45. The van der Waals surface area contributed by atoms with E-state index in [1.165, 1.54) is 44.1 Å². The molecule has 1 saturated heterocycles. The zero-order valence-electron chi connectivity index (χ0n) is 22.8. The Labute approximate surface area is 238 Å². The number of fused-ring (bicyclic) bond motifs is 1. The van der Waals surface area contributed by atoms with E-state index in [0.717, 1.165) is 39.1 Å². The van der Waals surface area contributed by atoms with Crippen molar-refractivity contribution in [1.82, 2.24) is 9.88 Å². The standard InChI is InChI=1S/C35H31N3O3/c39-32-31(18-29-6-3-13-37(29)30-10-7-25-4-1-2-5-26(25)17-30)33(40)38(34(41)36-32)28-11-8-27(9-12-28)35-19-22-14-23(20-35)16-24(15-22)21-35/h1-13,17-18,22-24H,14-16,19-21H2,(H,36,39,41)/b31-18+. The molecule has 1 N–H and O–H groups in total. The lowest BCUT2D eigenvalue weighted by molar-refractivity contribution is -0.122. The molecule has 6 nitrogen and oxygen atoms in total. The fraction of sp³-hybridized carbons (Fsp3) is 0.286. The van der Waals surface area contributed by atoms with Crippen LogP contribution in [0.15, 0.2) is 90.6 Å². The normalized spacial score (nSPS) is 28.1. The van der Waals surface area contributed by atoms with Crippen molar-refractivity contribution in [1.29, 1.82) is 0 Å². The third-order valence-electron chi connectivity index (χ3n) is 9.96. The minimum atomic E-state index is -0.718. The number of hydrogen-bond acceptors (Lipinski definition) is 3. The second kappa shape index (κ2) is 9.03. The van der Waals surface area contributed by atoms with Crippen LogP contribution < -0.4 is 10.2 Å². The number of amides is 4. The van der Waals surface area contributed by atoms with Gasteiger partial charge in [0.15, 0.2) is 0 Å². The van der Waals surface area contributed by atoms with Gasteiger partial charge in [-0.25, -0.2) is 9.69 Å². The number of benzene rings is 3. The van der Waals surface area contributed by atoms with Crippen LogP contribution in [0.1, 0.15) is 49.8 Å². The van der Waals surface area contributed by atoms with Crippen molar-refractivity contribution >= 4 is 40.4 Å². The van der Waals surface area contributed by atoms with Gasteiger partial charge in [-0.2, -0.15) is 0 Å². The molecule has 6 heteroatoms. The molecule has 4 aromatic rings. The highest BCUT2D eigenvalue weighted by atomic mass is 16.2. The van der Waals surface area contributed by atoms with Crippen LogP contribution in [0, 0.1) is 17.8 Å². The summed E-state index contributed by atoms with van der Waals surface area (Å²) >= 11 is 0. The second-order valence-electron chi connectivity index (χ2n) is 12.5. The van der Waals surface area contributed by atoms with Crippen LogP contribution in [0.3, 0.4) is 0 Å². The zero-order valence-corrected chi connectivity index (χ0v) is 22.8. The van der Waals surface area contributed by atoms with Crippen molar-refractivity contribution < 1.29 is 14.4 Å². The van der Waals surface area contributed by atoms with E-state index in [2.05, 4.69) is 35.6 Å². The number of hydrogen-bond donors (Lipinski definition) is 1. The Kier molecular flexibility index (Phi) is 5.36. The second-order valence-corrected chi connectivity index (χ2v) is 12.5. The Morgan fingerprint density at radius 2 is 1.39 bits per heavy atom. The van der Waals surface area contributed by atoms with Crippen molar-refractivity contribution in [2.24, 2.45) is 17.8 Å². The molecule has 4 amide bonds. The van der Waals surface area contributed by atoms with Crippen LogP contribution >= 0.6 is 0 Å². The highest BCUT2D eigenvalue weighted by molar-refractivity contribution is 6.39. The summed E-state index contributed by atoms with van der Waals surface area (Å²) in [6.07, 6.45) is 11.4. The molecule has 9 rings (SSSR count). The van der Waals surface area contributed by atoms with Gasteiger partial charge >= 0.3 is 6.03 Å². The van der Waals surface area contributed by atoms with Crippen LogP contribution in [0.4, 0.5) is 10.5 Å². The number of nitrogens with one attached hydrogen (secondary N) is 1. The molecule has 4 saturated carbocycles. The zero-order chi connectivity index (χ0) is 27.7. The smallest absolute Gasteiger partial charge is 0.317 e. The van der Waals surface area contributed by atoms with E-state index in [4.69, 9.17) is 0 Å². The first-order valence-corrected chi connectivity index (χ1v) is 14.6. The lowest BCUT2D eigenvalue weighted by atomic mass is 9.48. The van der Waals surface area contributed by atoms with Crippen LogP contribution in [-0.4, -0.2) is 22.4 Å². The molecule has 3 aromatic carbocycles. The van der Waals surface area contributed by atoms with Gasteiger partial charge in [-0.15, -0.1) is 0 Å². The number of carbonyl (C=O) groups is 3. The third-order valence-corrected chi connectivity index (χ3v) is 9.96. The summed E-state index contributed by atoms with van der Waals surface area (Å²) in [5, 5.41) is 4.60. The fourth-order valence-corrected chi connectivity index (χ4v) is 8.54. The van der Waals surface area contributed by atoms with Crippen molar-refractivity contribution in [2.45, 2.75) is 43.9 Å². The largest absolute Gasteiger partial charge is 0.335 e. The van der Waals surface area contributed by atoms with Gasteiger partial charge in [0.1, 0.15) is 5.57 Å². The minimum absolute atomic E-state index is 0.0736. The van der Waals surface area contributed by atoms with Crippen molar-refractivity contribution in [3.05, 3.63) is 102 Å². The van der Waals surface area contributed by atoms with Gasteiger partial charge in [0.25, 0.3) is 11.8 Å². The quantitative estimate of drug-likeness (QED) is 0.229. The summed E-state index contributed by atoms with van der Waals surface area (Å²) < 4.78 is 1.93. The maximum absolute atomic E-state index is 13.7. The van der Waals surface area contributed by atoms with Crippen LogP contribution in [0.25, 0.3) is 22.5 Å². The van der Waals surface area contributed by atoms with Gasteiger partial charge in [-0.05, 0) is 121 Å². The summed E-state index contributed by atoms with van der Waals surface area (Å²) in [7, 11) is 0. The van der Waals surface area contributed by atoms with E-state index < -0.39 is 17.8 Å². The van der Waals surface area contributed by atoms with Crippen LogP contribution in [0.5, 0.6) is 0 Å². The predicted molar refractivity (Wildman–Crippen MR) is 159 cm³/mol. The topological polar surface area (TPSA) is 71.4 Å². The molecule has 1 aromatic heterocycles. The number of rotatable bonds is 4. The Balaban J connectivity index is 1.10. The van der Waals surface area contributed by atoms with Gasteiger partial charge in [0, 0.05) is 17.6 Å². The first kappa shape index (κ1) is 24.4. The van der Waals surface area contributed by atoms with Crippen molar-refractivity contribution in [3.63, 3.8) is 0 Å². The highest BCUT2D eigenvalue weighted by Gasteiger charge is 2.51. The summed E-state index contributed by atoms with van der Waals surface area (Å²) in [5.74, 6) is 1.20. The summed E-state index contributed by atoms with van der Waals surface area (Å²) in [6.45, 7) is 0. The lowest BCUT2D eigenvalue weighted by Crippen LogP contribution is -2.54. The Bertz CT molecular complexity index is 1730. The minimum Gasteiger partial charge on any atom is -0.317 e. The van der Waals surface area contributed by atoms with Crippen LogP contribution in [-0.2, 0) is 15.0 Å². The van der Waals surface area contributed by atoms with E-state index in [0.29, 0.717) is 11.4 Å². The van der Waals surface area contributed by atoms with Gasteiger partial charge in [-0.1, -0.05) is 42.5 Å². The maximum Gasteiger partial charge on any atom is 0.335 e. The Morgan fingerprint density at radius 3 is 2.10 bits per heavy atom. The van der Waals surface area contributed by atoms with Gasteiger partial charge in [-0.3, -0.25) is 14.9 Å². The Morgan fingerprint density at radius 1 is 0.732 bits per heavy atom. The van der Waals surface area contributed by atoms with Crippen molar-refractivity contribution in [3.8, 4) is 5.69 Å². The van der Waals surface area contributed by atoms with Crippen LogP contribution in [0.2, 0.25) is 0 Å². The number of nitrogens with zero attached hydrogens (tertiary/aromatic N) is 2. The molecule has 4 bridgehead atoms. The van der Waals surface area contributed by atoms with E-state index in [-0.39, 0.29) is 11.0 Å². The van der Waals surface area contributed by atoms with Gasteiger partial charge < -0.3 is 4.57 Å².